The maximum absolute atomic E-state index is 5.82. The zero-order valence-corrected chi connectivity index (χ0v) is 11.9. The second-order valence-electron chi connectivity index (χ2n) is 4.42. The van der Waals surface area contributed by atoms with Crippen LogP contribution in [0.5, 0.6) is 5.75 Å². The molecule has 0 aliphatic rings. The average molecular weight is 313 g/mol. The molecular formula is C17H13BrO. The molecule has 0 unspecified atom stereocenters. The Morgan fingerprint density at radius 3 is 2.32 bits per heavy atom. The Labute approximate surface area is 121 Å². The van der Waals surface area contributed by atoms with Gasteiger partial charge in [0.05, 0.1) is 0 Å². The lowest BCUT2D eigenvalue weighted by atomic mass is 10.1. The Hall–Kier alpha value is -1.80. The van der Waals surface area contributed by atoms with Crippen molar-refractivity contribution in [3.63, 3.8) is 0 Å². The minimum Gasteiger partial charge on any atom is -0.489 e. The molecule has 3 aromatic carbocycles. The van der Waals surface area contributed by atoms with Crippen molar-refractivity contribution >= 4 is 26.7 Å². The van der Waals surface area contributed by atoms with Crippen molar-refractivity contribution in [1.82, 2.24) is 0 Å². The molecule has 0 spiro atoms. The first-order valence-corrected chi connectivity index (χ1v) is 6.97. The van der Waals surface area contributed by atoms with Gasteiger partial charge < -0.3 is 4.74 Å². The van der Waals surface area contributed by atoms with Gasteiger partial charge in [0.1, 0.15) is 12.4 Å². The normalized spacial score (nSPS) is 10.6. The Bertz CT molecular complexity index is 689. The lowest BCUT2D eigenvalue weighted by molar-refractivity contribution is 0.306. The lowest BCUT2D eigenvalue weighted by Gasteiger charge is -2.07. The van der Waals surface area contributed by atoms with Gasteiger partial charge in [0, 0.05) is 4.47 Å². The second kappa shape index (κ2) is 5.45. The van der Waals surface area contributed by atoms with Crippen molar-refractivity contribution in [2.45, 2.75) is 6.61 Å². The minimum absolute atomic E-state index is 0.589. The number of halogens is 1. The summed E-state index contributed by atoms with van der Waals surface area (Å²) in [6.45, 7) is 0.589. The highest BCUT2D eigenvalue weighted by Crippen LogP contribution is 2.21. The molecule has 3 aromatic rings. The molecule has 94 valence electrons. The van der Waals surface area contributed by atoms with Crippen LogP contribution in [0.3, 0.4) is 0 Å². The van der Waals surface area contributed by atoms with Gasteiger partial charge in [-0.2, -0.15) is 0 Å². The van der Waals surface area contributed by atoms with E-state index in [2.05, 4.69) is 52.3 Å². The molecule has 0 radical (unpaired) electrons. The topological polar surface area (TPSA) is 9.23 Å². The molecule has 0 heterocycles. The zero-order valence-electron chi connectivity index (χ0n) is 10.3. The van der Waals surface area contributed by atoms with E-state index in [-0.39, 0.29) is 0 Å². The van der Waals surface area contributed by atoms with Gasteiger partial charge in [-0.25, -0.2) is 0 Å². The van der Waals surface area contributed by atoms with Crippen molar-refractivity contribution in [2.24, 2.45) is 0 Å². The first-order chi connectivity index (χ1) is 9.31. The Balaban J connectivity index is 1.76. The largest absolute Gasteiger partial charge is 0.489 e. The summed E-state index contributed by atoms with van der Waals surface area (Å²) in [4.78, 5) is 0. The average Bonchev–Trinajstić information content (AvgIpc) is 2.46. The monoisotopic (exact) mass is 312 g/mol. The summed E-state index contributed by atoms with van der Waals surface area (Å²) in [5, 5.41) is 2.44. The molecule has 0 bridgehead atoms. The third kappa shape index (κ3) is 2.96. The summed E-state index contributed by atoms with van der Waals surface area (Å²) in [5.41, 5.74) is 1.16. The van der Waals surface area contributed by atoms with E-state index in [4.69, 9.17) is 4.74 Å². The van der Waals surface area contributed by atoms with Crippen LogP contribution in [0.15, 0.2) is 71.2 Å². The Kier molecular flexibility index (Phi) is 3.51. The number of hydrogen-bond donors (Lipinski definition) is 0. The van der Waals surface area contributed by atoms with Crippen LogP contribution in [-0.2, 0) is 6.61 Å². The number of hydrogen-bond acceptors (Lipinski definition) is 1. The SMILES string of the molecule is Brc1ccc(COc2ccc3ccccc3c2)cc1. The van der Waals surface area contributed by atoms with E-state index < -0.39 is 0 Å². The number of fused-ring (bicyclic) bond motifs is 1. The standard InChI is InChI=1S/C17H13BrO/c18-16-8-5-13(6-9-16)12-19-17-10-7-14-3-1-2-4-15(14)11-17/h1-11H,12H2. The highest BCUT2D eigenvalue weighted by molar-refractivity contribution is 9.10. The molecule has 0 amide bonds. The predicted molar refractivity (Wildman–Crippen MR) is 82.4 cm³/mol. The third-order valence-corrected chi connectivity index (χ3v) is 3.57. The van der Waals surface area contributed by atoms with Crippen molar-refractivity contribution < 1.29 is 4.74 Å². The highest BCUT2D eigenvalue weighted by atomic mass is 79.9. The molecule has 1 nitrogen and oxygen atoms in total. The van der Waals surface area contributed by atoms with E-state index in [0.717, 1.165) is 15.8 Å². The molecule has 0 saturated heterocycles. The smallest absolute Gasteiger partial charge is 0.120 e. The van der Waals surface area contributed by atoms with Crippen molar-refractivity contribution in [2.75, 3.05) is 0 Å². The van der Waals surface area contributed by atoms with Crippen molar-refractivity contribution in [1.29, 1.82) is 0 Å². The second-order valence-corrected chi connectivity index (χ2v) is 5.34. The number of benzene rings is 3. The molecule has 2 heteroatoms. The van der Waals surface area contributed by atoms with E-state index in [1.807, 2.05) is 30.3 Å². The van der Waals surface area contributed by atoms with Gasteiger partial charge in [0.15, 0.2) is 0 Å². The van der Waals surface area contributed by atoms with Crippen molar-refractivity contribution in [3.8, 4) is 5.75 Å². The van der Waals surface area contributed by atoms with Gasteiger partial charge in [-0.3, -0.25) is 0 Å². The fourth-order valence-corrected chi connectivity index (χ4v) is 2.27. The van der Waals surface area contributed by atoms with E-state index >= 15 is 0 Å². The molecule has 0 fully saturated rings. The van der Waals surface area contributed by atoms with Crippen LogP contribution in [0, 0.1) is 0 Å². The summed E-state index contributed by atoms with van der Waals surface area (Å²) >= 11 is 3.43. The van der Waals surface area contributed by atoms with Crippen LogP contribution < -0.4 is 4.74 Å². The molecule has 0 aliphatic carbocycles. The Morgan fingerprint density at radius 1 is 0.789 bits per heavy atom. The third-order valence-electron chi connectivity index (χ3n) is 3.04. The predicted octanol–water partition coefficient (Wildman–Crippen LogP) is 5.18. The fourth-order valence-electron chi connectivity index (χ4n) is 2.00. The maximum Gasteiger partial charge on any atom is 0.120 e. The van der Waals surface area contributed by atoms with Gasteiger partial charge in [0.25, 0.3) is 0 Å². The van der Waals surface area contributed by atoms with E-state index in [1.54, 1.807) is 0 Å². The van der Waals surface area contributed by atoms with Crippen LogP contribution in [0.25, 0.3) is 10.8 Å². The summed E-state index contributed by atoms with van der Waals surface area (Å²) in [7, 11) is 0. The molecule has 0 aliphatic heterocycles. The molecule has 3 rings (SSSR count). The van der Waals surface area contributed by atoms with E-state index in [0.29, 0.717) is 6.61 Å². The first-order valence-electron chi connectivity index (χ1n) is 6.17. The lowest BCUT2D eigenvalue weighted by Crippen LogP contribution is -1.94. The summed E-state index contributed by atoms with van der Waals surface area (Å²) in [5.74, 6) is 0.904. The van der Waals surface area contributed by atoms with Gasteiger partial charge in [-0.05, 0) is 40.6 Å². The number of ether oxygens (including phenoxy) is 1. The first kappa shape index (κ1) is 12.2. The van der Waals surface area contributed by atoms with E-state index in [9.17, 15) is 0 Å². The minimum atomic E-state index is 0.589. The van der Waals surface area contributed by atoms with Crippen LogP contribution in [-0.4, -0.2) is 0 Å². The van der Waals surface area contributed by atoms with Gasteiger partial charge in [-0.1, -0.05) is 58.4 Å². The fraction of sp³-hybridized carbons (Fsp3) is 0.0588. The maximum atomic E-state index is 5.82. The van der Waals surface area contributed by atoms with Crippen LogP contribution in [0.4, 0.5) is 0 Å². The quantitative estimate of drug-likeness (QED) is 0.647. The molecule has 19 heavy (non-hydrogen) atoms. The Morgan fingerprint density at radius 2 is 1.53 bits per heavy atom. The molecule has 0 N–H and O–H groups in total. The van der Waals surface area contributed by atoms with Crippen LogP contribution in [0.2, 0.25) is 0 Å². The van der Waals surface area contributed by atoms with Crippen LogP contribution >= 0.6 is 15.9 Å². The van der Waals surface area contributed by atoms with Gasteiger partial charge >= 0.3 is 0 Å². The van der Waals surface area contributed by atoms with Crippen molar-refractivity contribution in [3.05, 3.63) is 76.8 Å². The van der Waals surface area contributed by atoms with Gasteiger partial charge in [-0.15, -0.1) is 0 Å². The zero-order chi connectivity index (χ0) is 13.1. The molecule has 0 atom stereocenters. The molecule has 0 saturated carbocycles. The molecule has 0 aromatic heterocycles. The molecular weight excluding hydrogens is 300 g/mol. The van der Waals surface area contributed by atoms with E-state index in [1.165, 1.54) is 10.8 Å². The summed E-state index contributed by atoms with van der Waals surface area (Å²) < 4.78 is 6.91. The van der Waals surface area contributed by atoms with Crippen LogP contribution in [0.1, 0.15) is 5.56 Å². The number of rotatable bonds is 3. The highest BCUT2D eigenvalue weighted by Gasteiger charge is 1.98. The summed E-state index contributed by atoms with van der Waals surface area (Å²) in [6, 6.07) is 22.7. The van der Waals surface area contributed by atoms with Gasteiger partial charge in [0.2, 0.25) is 0 Å². The summed E-state index contributed by atoms with van der Waals surface area (Å²) in [6.07, 6.45) is 0.